The van der Waals surface area contributed by atoms with Crippen molar-refractivity contribution in [2.24, 2.45) is 0 Å². The number of hydrogen-bond acceptors (Lipinski definition) is 1. The number of hydrogen-bond donors (Lipinski definition) is 0. The third-order valence-corrected chi connectivity index (χ3v) is 2.41. The van der Waals surface area contributed by atoms with Gasteiger partial charge in [-0.2, -0.15) is 0 Å². The first-order valence-electron chi connectivity index (χ1n) is 5.27. The maximum Gasteiger partial charge on any atom is 0.323 e. The Morgan fingerprint density at radius 3 is 2.07 bits per heavy atom. The summed E-state index contributed by atoms with van der Waals surface area (Å²) in [5.41, 5.74) is -0.126. The summed E-state index contributed by atoms with van der Waals surface area (Å²) in [4.78, 5) is 11.2. The third kappa shape index (κ3) is 2.28. The van der Waals surface area contributed by atoms with Gasteiger partial charge in [0.05, 0.1) is 0 Å². The summed E-state index contributed by atoms with van der Waals surface area (Å²) >= 11 is 0. The molecule has 3 heteroatoms. The fourth-order valence-corrected chi connectivity index (χ4v) is 1.65. The van der Waals surface area contributed by atoms with Crippen LogP contribution in [0.3, 0.4) is 0 Å². The Hall–Kier alpha value is -1.12. The Morgan fingerprint density at radius 1 is 1.20 bits per heavy atom. The molecule has 0 aliphatic rings. The topological polar surface area (TPSA) is 25.9 Å². The summed E-state index contributed by atoms with van der Waals surface area (Å²) in [5.74, 6) is 0.718. The van der Waals surface area contributed by atoms with Crippen LogP contribution in [0.5, 0.6) is 0 Å². The van der Waals surface area contributed by atoms with Crippen LogP contribution in [-0.2, 0) is 11.1 Å². The fourth-order valence-electron chi connectivity index (χ4n) is 1.65. The minimum Gasteiger partial charge on any atom is -0.289 e. The molecule has 0 N–H and O–H groups in total. The van der Waals surface area contributed by atoms with E-state index in [0.717, 1.165) is 12.1 Å². The lowest BCUT2D eigenvalue weighted by Crippen LogP contribution is -2.52. The van der Waals surface area contributed by atoms with E-state index in [0.29, 0.717) is 0 Å². The van der Waals surface area contributed by atoms with Gasteiger partial charge in [-0.1, -0.05) is 0 Å². The van der Waals surface area contributed by atoms with E-state index < -0.39 is 0 Å². The van der Waals surface area contributed by atoms with E-state index in [-0.39, 0.29) is 11.1 Å². The minimum atomic E-state index is -0.0628. The van der Waals surface area contributed by atoms with E-state index in [4.69, 9.17) is 0 Å². The van der Waals surface area contributed by atoms with Crippen LogP contribution in [0.2, 0.25) is 0 Å². The second kappa shape index (κ2) is 3.47. The van der Waals surface area contributed by atoms with Gasteiger partial charge in [0.25, 0.3) is 0 Å². The molecule has 1 heterocycles. The molecule has 15 heavy (non-hydrogen) atoms. The molecular formula is C12H21N2O+. The van der Waals surface area contributed by atoms with Crippen LogP contribution in [-0.4, -0.2) is 10.9 Å². The largest absolute Gasteiger partial charge is 0.323 e. The first-order chi connectivity index (χ1) is 6.68. The highest BCUT2D eigenvalue weighted by atomic mass is 16.1. The SMILES string of the molecule is CC(C)(C)n1cc[n+](C(C)(C)C)c1C=O. The quantitative estimate of drug-likeness (QED) is 0.514. The van der Waals surface area contributed by atoms with Gasteiger partial charge in [-0.05, 0) is 41.5 Å². The Kier molecular flexibility index (Phi) is 2.77. The molecule has 3 nitrogen and oxygen atoms in total. The van der Waals surface area contributed by atoms with Crippen LogP contribution in [0.15, 0.2) is 12.4 Å². The summed E-state index contributed by atoms with van der Waals surface area (Å²) in [6.07, 6.45) is 4.86. The predicted molar refractivity (Wildman–Crippen MR) is 60.0 cm³/mol. The lowest BCUT2D eigenvalue weighted by Gasteiger charge is -2.19. The highest BCUT2D eigenvalue weighted by Crippen LogP contribution is 2.16. The molecule has 0 aliphatic heterocycles. The first-order valence-corrected chi connectivity index (χ1v) is 5.27. The van der Waals surface area contributed by atoms with Crippen LogP contribution in [0, 0.1) is 0 Å². The van der Waals surface area contributed by atoms with Crippen molar-refractivity contribution in [1.29, 1.82) is 0 Å². The molecule has 0 aliphatic carbocycles. The van der Waals surface area contributed by atoms with Gasteiger partial charge in [-0.3, -0.25) is 4.79 Å². The average molecular weight is 209 g/mol. The molecule has 0 aromatic carbocycles. The van der Waals surface area contributed by atoms with E-state index in [1.807, 2.05) is 21.5 Å². The summed E-state index contributed by atoms with van der Waals surface area (Å²) in [5, 5.41) is 0. The van der Waals surface area contributed by atoms with Crippen molar-refractivity contribution in [3.63, 3.8) is 0 Å². The minimum absolute atomic E-state index is 0.0628. The van der Waals surface area contributed by atoms with Gasteiger partial charge in [-0.15, -0.1) is 0 Å². The normalized spacial score (nSPS) is 12.9. The number of aldehydes is 1. The number of imidazole rings is 1. The van der Waals surface area contributed by atoms with Gasteiger partial charge in [0.15, 0.2) is 0 Å². The zero-order valence-electron chi connectivity index (χ0n) is 10.5. The zero-order valence-corrected chi connectivity index (χ0v) is 10.5. The Balaban J connectivity index is 3.37. The van der Waals surface area contributed by atoms with Gasteiger partial charge in [0.2, 0.25) is 6.29 Å². The average Bonchev–Trinajstić information content (AvgIpc) is 2.43. The second-order valence-corrected chi connectivity index (χ2v) is 5.86. The monoisotopic (exact) mass is 209 g/mol. The molecule has 0 saturated carbocycles. The maximum absolute atomic E-state index is 11.2. The molecule has 0 atom stereocenters. The smallest absolute Gasteiger partial charge is 0.289 e. The maximum atomic E-state index is 11.2. The third-order valence-electron chi connectivity index (χ3n) is 2.41. The molecule has 0 bridgehead atoms. The molecular weight excluding hydrogens is 188 g/mol. The van der Waals surface area contributed by atoms with E-state index in [9.17, 15) is 4.79 Å². The van der Waals surface area contributed by atoms with Crippen molar-refractivity contribution in [2.45, 2.75) is 52.6 Å². The molecule has 0 saturated heterocycles. The van der Waals surface area contributed by atoms with Crippen molar-refractivity contribution >= 4 is 6.29 Å². The van der Waals surface area contributed by atoms with Crippen LogP contribution in [0.1, 0.15) is 52.2 Å². The van der Waals surface area contributed by atoms with Crippen molar-refractivity contribution < 1.29 is 9.36 Å². The highest BCUT2D eigenvalue weighted by molar-refractivity contribution is 5.67. The molecule has 0 spiro atoms. The Bertz CT molecular complexity index is 332. The van der Waals surface area contributed by atoms with Crippen LogP contribution >= 0.6 is 0 Å². The van der Waals surface area contributed by atoms with Crippen LogP contribution in [0.25, 0.3) is 0 Å². The van der Waals surface area contributed by atoms with Crippen molar-refractivity contribution in [3.05, 3.63) is 18.2 Å². The molecule has 84 valence electrons. The van der Waals surface area contributed by atoms with Gasteiger partial charge in [0, 0.05) is 0 Å². The van der Waals surface area contributed by atoms with Crippen molar-refractivity contribution in [1.82, 2.24) is 4.57 Å². The Morgan fingerprint density at radius 2 is 1.73 bits per heavy atom. The van der Waals surface area contributed by atoms with Gasteiger partial charge in [-0.25, -0.2) is 9.13 Å². The molecule has 1 aromatic heterocycles. The molecule has 1 rings (SSSR count). The molecule has 1 aromatic rings. The lowest BCUT2D eigenvalue weighted by molar-refractivity contribution is -0.754. The lowest BCUT2D eigenvalue weighted by atomic mass is 10.1. The van der Waals surface area contributed by atoms with E-state index >= 15 is 0 Å². The van der Waals surface area contributed by atoms with Gasteiger partial charge in [0.1, 0.15) is 23.5 Å². The second-order valence-electron chi connectivity index (χ2n) is 5.86. The number of carbonyl (C=O) groups excluding carboxylic acids is 1. The molecule has 0 unspecified atom stereocenters. The van der Waals surface area contributed by atoms with Gasteiger partial charge < -0.3 is 0 Å². The number of rotatable bonds is 1. The summed E-state index contributed by atoms with van der Waals surface area (Å²) in [6, 6.07) is 0. The van der Waals surface area contributed by atoms with Crippen LogP contribution in [0.4, 0.5) is 0 Å². The summed E-state index contributed by atoms with van der Waals surface area (Å²) < 4.78 is 4.01. The van der Waals surface area contributed by atoms with Gasteiger partial charge >= 0.3 is 5.82 Å². The van der Waals surface area contributed by atoms with E-state index in [1.54, 1.807) is 0 Å². The number of carbonyl (C=O) groups is 1. The summed E-state index contributed by atoms with van der Waals surface area (Å²) in [7, 11) is 0. The van der Waals surface area contributed by atoms with Crippen molar-refractivity contribution in [3.8, 4) is 0 Å². The van der Waals surface area contributed by atoms with E-state index in [2.05, 4.69) is 41.5 Å². The highest BCUT2D eigenvalue weighted by Gasteiger charge is 2.31. The predicted octanol–water partition coefficient (Wildman–Crippen LogP) is 2.10. The standard InChI is InChI=1S/C12H21N2O/c1-11(2,3)13-7-8-14(10(13)9-15)12(4,5)6/h7-9H,1-6H3/q+1. The number of nitrogens with zero attached hydrogens (tertiary/aromatic N) is 2. The zero-order chi connectivity index (χ0) is 11.9. The molecule has 0 radical (unpaired) electrons. The van der Waals surface area contributed by atoms with Crippen molar-refractivity contribution in [2.75, 3.05) is 0 Å². The first kappa shape index (κ1) is 12.0. The number of aromatic nitrogens is 2. The van der Waals surface area contributed by atoms with Crippen LogP contribution < -0.4 is 4.57 Å². The molecule has 0 amide bonds. The Labute approximate surface area is 91.7 Å². The fraction of sp³-hybridized carbons (Fsp3) is 0.667. The van der Waals surface area contributed by atoms with E-state index in [1.165, 1.54) is 0 Å². The molecule has 0 fully saturated rings. The summed E-state index contributed by atoms with van der Waals surface area (Å²) in [6.45, 7) is 12.5.